The van der Waals surface area contributed by atoms with Crippen LogP contribution >= 0.6 is 0 Å². The molecule has 8 nitrogen and oxygen atoms in total. The van der Waals surface area contributed by atoms with E-state index in [0.29, 0.717) is 12.8 Å². The molecule has 0 bridgehead atoms. The van der Waals surface area contributed by atoms with E-state index in [1.54, 1.807) is 21.1 Å². The standard InChI is InChI=1S/C32H59NO7/c1-6-8-10-12-14-16-18-20-22-30(34)39-27-28(26-38-25-24-29(32(36)37)33(3,4)5)40-31(35)23-21-19-17-15-13-11-9-7-2/h17,19,28-29H,6-16,18,20-27H2,1-5H3/b19-17+. The third-order valence-corrected chi connectivity index (χ3v) is 6.92. The fourth-order valence-corrected chi connectivity index (χ4v) is 4.38. The van der Waals surface area contributed by atoms with Crippen LogP contribution in [0.4, 0.5) is 0 Å². The third-order valence-electron chi connectivity index (χ3n) is 6.92. The van der Waals surface area contributed by atoms with E-state index in [4.69, 9.17) is 14.2 Å². The molecule has 2 unspecified atom stereocenters. The Bertz CT molecular complexity index is 687. The van der Waals surface area contributed by atoms with E-state index < -0.39 is 18.1 Å². The number of carboxylic acid groups (broad SMARTS) is 1. The summed E-state index contributed by atoms with van der Waals surface area (Å²) in [5.41, 5.74) is 0. The SMILES string of the molecule is CCCCCC/C=C/CCC(=O)OC(COCCC(C(=O)[O-])[N+](C)(C)C)COC(=O)CCCCCCCCCC. The van der Waals surface area contributed by atoms with Crippen LogP contribution < -0.4 is 5.11 Å². The predicted octanol–water partition coefficient (Wildman–Crippen LogP) is 5.51. The Hall–Kier alpha value is -1.93. The summed E-state index contributed by atoms with van der Waals surface area (Å²) in [6.45, 7) is 4.51. The number of ether oxygens (including phenoxy) is 3. The van der Waals surface area contributed by atoms with E-state index in [0.717, 1.165) is 32.1 Å². The van der Waals surface area contributed by atoms with Crippen LogP contribution in [0.15, 0.2) is 12.2 Å². The van der Waals surface area contributed by atoms with Crippen LogP contribution in [-0.2, 0) is 28.6 Å². The van der Waals surface area contributed by atoms with Crippen molar-refractivity contribution in [1.82, 2.24) is 0 Å². The second kappa shape index (κ2) is 24.8. The lowest BCUT2D eigenvalue weighted by atomic mass is 10.1. The van der Waals surface area contributed by atoms with Crippen molar-refractivity contribution < 1.29 is 38.2 Å². The minimum Gasteiger partial charge on any atom is -0.544 e. The van der Waals surface area contributed by atoms with Gasteiger partial charge in [-0.1, -0.05) is 90.2 Å². The molecule has 0 radical (unpaired) electrons. The van der Waals surface area contributed by atoms with Gasteiger partial charge in [-0.15, -0.1) is 0 Å². The van der Waals surface area contributed by atoms with Gasteiger partial charge < -0.3 is 28.6 Å². The van der Waals surface area contributed by atoms with Gasteiger partial charge in [0, 0.05) is 19.3 Å². The Labute approximate surface area is 244 Å². The molecule has 0 aliphatic rings. The zero-order valence-corrected chi connectivity index (χ0v) is 26.3. The maximum Gasteiger partial charge on any atom is 0.306 e. The number of hydrogen-bond acceptors (Lipinski definition) is 7. The summed E-state index contributed by atoms with van der Waals surface area (Å²) in [5.74, 6) is -1.81. The Morgan fingerprint density at radius 2 is 1.30 bits per heavy atom. The summed E-state index contributed by atoms with van der Waals surface area (Å²) in [6, 6.07) is -0.723. The normalized spacial score (nSPS) is 13.3. The van der Waals surface area contributed by atoms with Gasteiger partial charge in [-0.05, 0) is 25.7 Å². The van der Waals surface area contributed by atoms with Crippen molar-refractivity contribution in [3.05, 3.63) is 12.2 Å². The quantitative estimate of drug-likeness (QED) is 0.0556. The van der Waals surface area contributed by atoms with Gasteiger partial charge in [0.15, 0.2) is 6.10 Å². The molecule has 0 aromatic carbocycles. The number of rotatable bonds is 27. The van der Waals surface area contributed by atoms with Crippen LogP contribution in [0.5, 0.6) is 0 Å². The number of aliphatic carboxylic acids is 1. The highest BCUT2D eigenvalue weighted by atomic mass is 16.6. The Kier molecular flexibility index (Phi) is 23.6. The van der Waals surface area contributed by atoms with Gasteiger partial charge in [0.25, 0.3) is 0 Å². The first kappa shape index (κ1) is 38.1. The minimum absolute atomic E-state index is 0.0287. The summed E-state index contributed by atoms with van der Waals surface area (Å²) >= 11 is 0. The second-order valence-corrected chi connectivity index (χ2v) is 11.7. The lowest BCUT2D eigenvalue weighted by Gasteiger charge is -2.34. The number of unbranched alkanes of at least 4 members (excludes halogenated alkanes) is 11. The molecule has 0 aliphatic carbocycles. The third kappa shape index (κ3) is 22.8. The van der Waals surface area contributed by atoms with Crippen molar-refractivity contribution in [3.8, 4) is 0 Å². The summed E-state index contributed by atoms with van der Waals surface area (Å²) in [6.07, 6.45) is 19.8. The van der Waals surface area contributed by atoms with Crippen LogP contribution in [0.2, 0.25) is 0 Å². The lowest BCUT2D eigenvalue weighted by Crippen LogP contribution is -2.55. The molecular weight excluding hydrogens is 510 g/mol. The molecule has 0 saturated heterocycles. The van der Waals surface area contributed by atoms with E-state index in [2.05, 4.69) is 19.9 Å². The second-order valence-electron chi connectivity index (χ2n) is 11.7. The number of esters is 2. The van der Waals surface area contributed by atoms with E-state index in [1.165, 1.54) is 51.4 Å². The van der Waals surface area contributed by atoms with Gasteiger partial charge >= 0.3 is 11.9 Å². The van der Waals surface area contributed by atoms with Crippen LogP contribution in [0.3, 0.4) is 0 Å². The van der Waals surface area contributed by atoms with E-state index >= 15 is 0 Å². The van der Waals surface area contributed by atoms with Gasteiger partial charge in [0.2, 0.25) is 0 Å². The van der Waals surface area contributed by atoms with Crippen molar-refractivity contribution in [2.45, 2.75) is 135 Å². The maximum atomic E-state index is 12.4. The molecule has 234 valence electrons. The molecule has 0 aliphatic heterocycles. The fraction of sp³-hybridized carbons (Fsp3) is 0.844. The molecule has 0 fully saturated rings. The molecular formula is C32H59NO7. The Morgan fingerprint density at radius 1 is 0.725 bits per heavy atom. The summed E-state index contributed by atoms with van der Waals surface area (Å²) < 4.78 is 16.9. The Balaban J connectivity index is 4.57. The number of likely N-dealkylation sites (N-methyl/N-ethyl adjacent to an activating group) is 1. The number of nitrogens with zero attached hydrogens (tertiary/aromatic N) is 1. The zero-order chi connectivity index (χ0) is 30.1. The topological polar surface area (TPSA) is 102 Å². The number of allylic oxidation sites excluding steroid dienone is 2. The predicted molar refractivity (Wildman–Crippen MR) is 157 cm³/mol. The average molecular weight is 570 g/mol. The van der Waals surface area contributed by atoms with Gasteiger partial charge in [-0.2, -0.15) is 0 Å². The number of carbonyl (C=O) groups excluding carboxylic acids is 3. The van der Waals surface area contributed by atoms with Gasteiger partial charge in [0.1, 0.15) is 12.6 Å². The highest BCUT2D eigenvalue weighted by Gasteiger charge is 2.25. The number of carboxylic acids is 1. The molecule has 0 aromatic heterocycles. The van der Waals surface area contributed by atoms with Gasteiger partial charge in [-0.25, -0.2) is 0 Å². The molecule has 0 heterocycles. The maximum absolute atomic E-state index is 12.4. The molecule has 40 heavy (non-hydrogen) atoms. The summed E-state index contributed by atoms with van der Waals surface area (Å²) in [4.78, 5) is 36.2. The van der Waals surface area contributed by atoms with E-state index in [9.17, 15) is 19.5 Å². The van der Waals surface area contributed by atoms with Crippen molar-refractivity contribution in [2.75, 3.05) is 41.0 Å². The molecule has 0 N–H and O–H groups in total. The largest absolute Gasteiger partial charge is 0.544 e. The van der Waals surface area contributed by atoms with Crippen LogP contribution in [0, 0.1) is 0 Å². The monoisotopic (exact) mass is 569 g/mol. The van der Waals surface area contributed by atoms with Crippen LogP contribution in [-0.4, -0.2) is 75.5 Å². The summed E-state index contributed by atoms with van der Waals surface area (Å²) in [5, 5.41) is 11.5. The van der Waals surface area contributed by atoms with Crippen LogP contribution in [0.25, 0.3) is 0 Å². The molecule has 0 rings (SSSR count). The average Bonchev–Trinajstić information content (AvgIpc) is 2.89. The highest BCUT2D eigenvalue weighted by molar-refractivity contribution is 5.70. The zero-order valence-electron chi connectivity index (χ0n) is 26.3. The first-order valence-electron chi connectivity index (χ1n) is 15.7. The van der Waals surface area contributed by atoms with Crippen LogP contribution in [0.1, 0.15) is 123 Å². The Morgan fingerprint density at radius 3 is 1.90 bits per heavy atom. The van der Waals surface area contributed by atoms with E-state index in [-0.39, 0.29) is 49.1 Å². The molecule has 0 aromatic rings. The number of carbonyl (C=O) groups is 3. The molecule has 2 atom stereocenters. The first-order chi connectivity index (χ1) is 19.1. The lowest BCUT2D eigenvalue weighted by molar-refractivity contribution is -0.889. The summed E-state index contributed by atoms with van der Waals surface area (Å²) in [7, 11) is 5.36. The molecule has 0 amide bonds. The highest BCUT2D eigenvalue weighted by Crippen LogP contribution is 2.11. The number of quaternary nitrogens is 1. The molecule has 8 heteroatoms. The van der Waals surface area contributed by atoms with Gasteiger partial charge in [-0.3, -0.25) is 9.59 Å². The van der Waals surface area contributed by atoms with Crippen molar-refractivity contribution in [2.24, 2.45) is 0 Å². The number of hydrogen-bond donors (Lipinski definition) is 0. The first-order valence-corrected chi connectivity index (χ1v) is 15.7. The van der Waals surface area contributed by atoms with E-state index in [1.807, 2.05) is 6.08 Å². The minimum atomic E-state index is -1.13. The van der Waals surface area contributed by atoms with Crippen molar-refractivity contribution >= 4 is 17.9 Å². The fourth-order valence-electron chi connectivity index (χ4n) is 4.38. The van der Waals surface area contributed by atoms with Crippen molar-refractivity contribution in [1.29, 1.82) is 0 Å². The molecule has 0 spiro atoms. The smallest absolute Gasteiger partial charge is 0.306 e. The van der Waals surface area contributed by atoms with Gasteiger partial charge in [0.05, 0.1) is 40.3 Å². The molecule has 0 saturated carbocycles. The van der Waals surface area contributed by atoms with Crippen molar-refractivity contribution in [3.63, 3.8) is 0 Å².